The molecule has 0 aromatic heterocycles. The molecule has 0 unspecified atom stereocenters. The van der Waals surface area contributed by atoms with Crippen LogP contribution in [0, 0.1) is 0 Å². The molecule has 2 aliphatic heterocycles. The van der Waals surface area contributed by atoms with E-state index in [1.165, 1.54) is 0 Å². The molecule has 32 heavy (non-hydrogen) atoms. The smallest absolute Gasteiger partial charge is 0.364 e. The summed E-state index contributed by atoms with van der Waals surface area (Å²) in [5, 5.41) is 0. The number of benzene rings is 3. The zero-order valence-electron chi connectivity index (χ0n) is 17.6. The molecule has 3 aromatic carbocycles. The van der Waals surface area contributed by atoms with Gasteiger partial charge in [-0.15, -0.1) is 0 Å². The molecule has 0 atom stereocenters. The van der Waals surface area contributed by atoms with Gasteiger partial charge in [-0.2, -0.15) is 0 Å². The van der Waals surface area contributed by atoms with Gasteiger partial charge in [0, 0.05) is 22.3 Å². The Morgan fingerprint density at radius 1 is 0.844 bits per heavy atom. The molecule has 2 heterocycles. The third-order valence-electron chi connectivity index (χ3n) is 5.16. The summed E-state index contributed by atoms with van der Waals surface area (Å²) in [5.74, 6) is 1.92. The molecule has 0 fully saturated rings. The lowest BCUT2D eigenvalue weighted by molar-refractivity contribution is -0.129. The highest BCUT2D eigenvalue weighted by atomic mass is 16.6. The van der Waals surface area contributed by atoms with Crippen molar-refractivity contribution in [3.63, 3.8) is 0 Å². The molecule has 0 spiro atoms. The highest BCUT2D eigenvalue weighted by Gasteiger charge is 2.30. The van der Waals surface area contributed by atoms with Crippen molar-refractivity contribution < 1.29 is 19.0 Å². The number of carbonyl (C=O) groups excluding carboxylic acids is 1. The van der Waals surface area contributed by atoms with Gasteiger partial charge in [0.05, 0.1) is 6.61 Å². The number of para-hydroxylation sites is 1. The van der Waals surface area contributed by atoms with Gasteiger partial charge in [-0.25, -0.2) is 9.79 Å². The van der Waals surface area contributed by atoms with Gasteiger partial charge >= 0.3 is 5.97 Å². The third-order valence-corrected chi connectivity index (χ3v) is 5.16. The monoisotopic (exact) mass is 423 g/mol. The van der Waals surface area contributed by atoms with Crippen LogP contribution in [0.15, 0.2) is 95.6 Å². The Morgan fingerprint density at radius 2 is 1.59 bits per heavy atom. The number of hydrogen-bond acceptors (Lipinski definition) is 5. The third kappa shape index (κ3) is 3.81. The van der Waals surface area contributed by atoms with Crippen LogP contribution < -0.4 is 9.47 Å². The van der Waals surface area contributed by atoms with Crippen molar-refractivity contribution >= 4 is 23.2 Å². The predicted octanol–water partition coefficient (Wildman–Crippen LogP) is 5.62. The molecule has 0 radical (unpaired) electrons. The van der Waals surface area contributed by atoms with Crippen molar-refractivity contribution in [3.05, 3.63) is 107 Å². The molecule has 2 aliphatic rings. The van der Waals surface area contributed by atoms with Crippen LogP contribution in [0.4, 0.5) is 0 Å². The van der Waals surface area contributed by atoms with E-state index < -0.39 is 5.97 Å². The fraction of sp³-hybridized carbons (Fsp3) is 0.111. The van der Waals surface area contributed by atoms with Crippen LogP contribution >= 0.6 is 0 Å². The number of cyclic esters (lactones) is 1. The Labute approximate surface area is 186 Å². The number of carbonyl (C=O) groups is 1. The summed E-state index contributed by atoms with van der Waals surface area (Å²) in [4.78, 5) is 17.3. The van der Waals surface area contributed by atoms with Crippen LogP contribution in [-0.4, -0.2) is 18.5 Å². The average Bonchev–Trinajstić information content (AvgIpc) is 3.24. The molecule has 0 N–H and O–H groups in total. The van der Waals surface area contributed by atoms with Crippen molar-refractivity contribution in [2.24, 2.45) is 4.99 Å². The van der Waals surface area contributed by atoms with E-state index >= 15 is 0 Å². The van der Waals surface area contributed by atoms with E-state index in [0.717, 1.165) is 28.9 Å². The summed E-state index contributed by atoms with van der Waals surface area (Å²) in [6.45, 7) is 2.74. The minimum Gasteiger partial charge on any atom is -0.494 e. The molecule has 0 saturated heterocycles. The molecular formula is C27H21NO4. The number of fused-ring (bicyclic) bond motifs is 1. The molecule has 158 valence electrons. The number of allylic oxidation sites excluding steroid dienone is 2. The molecule has 0 amide bonds. The van der Waals surface area contributed by atoms with Crippen molar-refractivity contribution in [1.82, 2.24) is 0 Å². The SMILES string of the molecule is CCCOc1ccc(C2=C/C(=C3/N=C(c4ccccc4)OC3=O)c3ccccc3O2)cc1. The van der Waals surface area contributed by atoms with Crippen LogP contribution in [0.25, 0.3) is 11.3 Å². The highest BCUT2D eigenvalue weighted by molar-refractivity contribution is 6.15. The number of hydrogen-bond donors (Lipinski definition) is 0. The lowest BCUT2D eigenvalue weighted by Gasteiger charge is -2.21. The van der Waals surface area contributed by atoms with Gasteiger partial charge in [-0.05, 0) is 55.0 Å². The second-order valence-electron chi connectivity index (χ2n) is 7.41. The number of ether oxygens (including phenoxy) is 3. The zero-order chi connectivity index (χ0) is 21.9. The maximum Gasteiger partial charge on any atom is 0.364 e. The van der Waals surface area contributed by atoms with Gasteiger partial charge in [-0.3, -0.25) is 0 Å². The minimum absolute atomic E-state index is 0.264. The first-order valence-corrected chi connectivity index (χ1v) is 10.6. The molecule has 3 aromatic rings. The second-order valence-corrected chi connectivity index (χ2v) is 7.41. The van der Waals surface area contributed by atoms with Crippen molar-refractivity contribution in [2.75, 3.05) is 6.61 Å². The fourth-order valence-corrected chi connectivity index (χ4v) is 3.59. The Morgan fingerprint density at radius 3 is 2.38 bits per heavy atom. The van der Waals surface area contributed by atoms with E-state index in [0.29, 0.717) is 29.6 Å². The largest absolute Gasteiger partial charge is 0.494 e. The first kappa shape index (κ1) is 19.8. The Balaban J connectivity index is 1.58. The normalized spacial score (nSPS) is 17.1. The maximum atomic E-state index is 12.8. The van der Waals surface area contributed by atoms with Crippen LogP contribution in [0.1, 0.15) is 30.0 Å². The Hall–Kier alpha value is -4.12. The molecule has 0 aliphatic carbocycles. The predicted molar refractivity (Wildman–Crippen MR) is 123 cm³/mol. The minimum atomic E-state index is -0.477. The molecule has 5 rings (SSSR count). The van der Waals surface area contributed by atoms with Gasteiger partial charge < -0.3 is 14.2 Å². The number of nitrogens with zero attached hydrogens (tertiary/aromatic N) is 1. The van der Waals surface area contributed by atoms with Crippen molar-refractivity contribution in [1.29, 1.82) is 0 Å². The van der Waals surface area contributed by atoms with Gasteiger partial charge in [0.15, 0.2) is 5.70 Å². The number of aliphatic imine (C=N–C) groups is 1. The highest BCUT2D eigenvalue weighted by Crippen LogP contribution is 2.40. The summed E-state index contributed by atoms with van der Waals surface area (Å²) >= 11 is 0. The number of esters is 1. The van der Waals surface area contributed by atoms with Gasteiger partial charge in [-0.1, -0.05) is 43.3 Å². The molecule has 0 saturated carbocycles. The first-order chi connectivity index (χ1) is 15.7. The van der Waals surface area contributed by atoms with E-state index in [9.17, 15) is 4.79 Å². The zero-order valence-corrected chi connectivity index (χ0v) is 17.6. The fourth-order valence-electron chi connectivity index (χ4n) is 3.59. The second kappa shape index (κ2) is 8.55. The summed E-state index contributed by atoms with van der Waals surface area (Å²) in [5.41, 5.74) is 3.36. The van der Waals surface area contributed by atoms with E-state index in [2.05, 4.69) is 11.9 Å². The lowest BCUT2D eigenvalue weighted by atomic mass is 9.97. The van der Waals surface area contributed by atoms with E-state index in [-0.39, 0.29) is 5.70 Å². The summed E-state index contributed by atoms with van der Waals surface area (Å²) < 4.78 is 17.3. The van der Waals surface area contributed by atoms with Crippen LogP contribution in [0.5, 0.6) is 11.5 Å². The average molecular weight is 423 g/mol. The first-order valence-electron chi connectivity index (χ1n) is 10.6. The van der Waals surface area contributed by atoms with Crippen LogP contribution in [-0.2, 0) is 9.53 Å². The summed E-state index contributed by atoms with van der Waals surface area (Å²) in [6, 6.07) is 24.7. The van der Waals surface area contributed by atoms with Crippen molar-refractivity contribution in [2.45, 2.75) is 13.3 Å². The van der Waals surface area contributed by atoms with Crippen LogP contribution in [0.2, 0.25) is 0 Å². The molecule has 5 heteroatoms. The van der Waals surface area contributed by atoms with E-state index in [1.54, 1.807) is 0 Å². The maximum absolute atomic E-state index is 12.8. The Bertz CT molecular complexity index is 1250. The lowest BCUT2D eigenvalue weighted by Crippen LogP contribution is -2.08. The number of rotatable bonds is 5. The van der Waals surface area contributed by atoms with E-state index in [4.69, 9.17) is 14.2 Å². The molecule has 0 bridgehead atoms. The topological polar surface area (TPSA) is 57.1 Å². The standard InChI is InChI=1S/C27H21NO4/c1-2-16-30-20-14-12-18(13-15-20)24-17-22(21-10-6-7-11-23(21)31-24)25-27(29)32-26(28-25)19-8-4-3-5-9-19/h3-15,17H,2,16H2,1H3/b25-22-. The van der Waals surface area contributed by atoms with Crippen LogP contribution in [0.3, 0.4) is 0 Å². The summed E-state index contributed by atoms with van der Waals surface area (Å²) in [6.07, 6.45) is 2.80. The molecular weight excluding hydrogens is 402 g/mol. The van der Waals surface area contributed by atoms with Gasteiger partial charge in [0.2, 0.25) is 5.90 Å². The quantitative estimate of drug-likeness (QED) is 0.395. The van der Waals surface area contributed by atoms with Gasteiger partial charge in [0.25, 0.3) is 0 Å². The van der Waals surface area contributed by atoms with E-state index in [1.807, 2.05) is 84.9 Å². The molecule has 5 nitrogen and oxygen atoms in total. The van der Waals surface area contributed by atoms with Crippen molar-refractivity contribution in [3.8, 4) is 11.5 Å². The Kier molecular flexibility index (Phi) is 5.30. The van der Waals surface area contributed by atoms with Gasteiger partial charge in [0.1, 0.15) is 17.3 Å². The summed E-state index contributed by atoms with van der Waals surface area (Å²) in [7, 11) is 0.